The third-order valence-corrected chi connectivity index (χ3v) is 3.97. The Bertz CT molecular complexity index is 916. The van der Waals surface area contributed by atoms with Gasteiger partial charge in [-0.05, 0) is 24.3 Å². The Morgan fingerprint density at radius 3 is 2.30 bits per heavy atom. The monoisotopic (exact) mass is 380 g/mol. The number of hydrazone groups is 1. The van der Waals surface area contributed by atoms with Crippen molar-refractivity contribution in [3.05, 3.63) is 70.0 Å². The van der Waals surface area contributed by atoms with Crippen LogP contribution in [-0.2, 0) is 5.72 Å². The third kappa shape index (κ3) is 3.36. The maximum atomic E-state index is 13.1. The average molecular weight is 380 g/mol. The first-order valence-corrected chi connectivity index (χ1v) is 7.49. The summed E-state index contributed by atoms with van der Waals surface area (Å²) >= 11 is 0. The maximum Gasteiger partial charge on any atom is 0.431 e. The number of nitro benzene ring substituents is 1. The number of benzene rings is 1. The van der Waals surface area contributed by atoms with Gasteiger partial charge in [0.25, 0.3) is 11.6 Å². The van der Waals surface area contributed by atoms with Crippen molar-refractivity contribution < 1.29 is 28.0 Å². The fourth-order valence-electron chi connectivity index (χ4n) is 2.61. The quantitative estimate of drug-likeness (QED) is 0.650. The van der Waals surface area contributed by atoms with E-state index in [4.69, 9.17) is 0 Å². The Kier molecular flexibility index (Phi) is 4.39. The molecule has 0 saturated carbocycles. The summed E-state index contributed by atoms with van der Waals surface area (Å²) < 4.78 is 39.4. The Balaban J connectivity index is 2.03. The summed E-state index contributed by atoms with van der Waals surface area (Å²) in [7, 11) is 0. The summed E-state index contributed by atoms with van der Waals surface area (Å²) in [6, 6.07) is 6.76. The van der Waals surface area contributed by atoms with Gasteiger partial charge < -0.3 is 5.11 Å². The molecule has 1 aromatic carbocycles. The molecule has 1 N–H and O–H groups in total. The van der Waals surface area contributed by atoms with Gasteiger partial charge in [-0.25, -0.2) is 0 Å². The van der Waals surface area contributed by atoms with Crippen LogP contribution < -0.4 is 0 Å². The van der Waals surface area contributed by atoms with Crippen molar-refractivity contribution in [2.45, 2.75) is 18.3 Å². The highest BCUT2D eigenvalue weighted by Crippen LogP contribution is 2.40. The van der Waals surface area contributed by atoms with Crippen LogP contribution in [0, 0.1) is 10.1 Å². The largest absolute Gasteiger partial charge is 0.431 e. The molecule has 0 aliphatic carbocycles. The number of halogens is 3. The summed E-state index contributed by atoms with van der Waals surface area (Å²) in [5.74, 6) is -1.04. The molecule has 0 radical (unpaired) electrons. The number of pyridine rings is 1. The fraction of sp³-hybridized carbons (Fsp3) is 0.188. The van der Waals surface area contributed by atoms with Crippen molar-refractivity contribution in [2.24, 2.45) is 5.10 Å². The van der Waals surface area contributed by atoms with Gasteiger partial charge in [0.1, 0.15) is 5.71 Å². The molecule has 0 fully saturated rings. The molecule has 0 unspecified atom stereocenters. The van der Waals surface area contributed by atoms with Crippen LogP contribution in [0.25, 0.3) is 0 Å². The summed E-state index contributed by atoms with van der Waals surface area (Å²) in [6.07, 6.45) is -3.29. The number of nitro groups is 1. The normalized spacial score (nSPS) is 19.7. The minimum absolute atomic E-state index is 0.00392. The van der Waals surface area contributed by atoms with E-state index in [2.05, 4.69) is 10.1 Å². The van der Waals surface area contributed by atoms with E-state index >= 15 is 0 Å². The Labute approximate surface area is 149 Å². The number of rotatable bonds is 3. The highest BCUT2D eigenvalue weighted by molar-refractivity contribution is 6.00. The highest BCUT2D eigenvalue weighted by Gasteiger charge is 2.53. The van der Waals surface area contributed by atoms with Crippen LogP contribution in [0.15, 0.2) is 53.9 Å². The predicted molar refractivity (Wildman–Crippen MR) is 85.5 cm³/mol. The second kappa shape index (κ2) is 6.43. The van der Waals surface area contributed by atoms with Crippen LogP contribution in [-0.4, -0.2) is 37.8 Å². The molecule has 8 nitrogen and oxygen atoms in total. The zero-order chi connectivity index (χ0) is 19.8. The van der Waals surface area contributed by atoms with Crippen molar-refractivity contribution in [3.63, 3.8) is 0 Å². The number of non-ortho nitro benzene ring substituents is 1. The van der Waals surface area contributed by atoms with Crippen molar-refractivity contribution in [2.75, 3.05) is 0 Å². The van der Waals surface area contributed by atoms with E-state index in [1.54, 1.807) is 0 Å². The Hall–Kier alpha value is -3.34. The molecule has 2 aromatic rings. The summed E-state index contributed by atoms with van der Waals surface area (Å²) in [5.41, 5.74) is -4.16. The predicted octanol–water partition coefficient (Wildman–Crippen LogP) is 2.60. The van der Waals surface area contributed by atoms with Crippen molar-refractivity contribution in [1.29, 1.82) is 0 Å². The molecule has 11 heteroatoms. The van der Waals surface area contributed by atoms with Crippen LogP contribution in [0.1, 0.15) is 22.3 Å². The number of aromatic nitrogens is 1. The Morgan fingerprint density at radius 2 is 1.78 bits per heavy atom. The van der Waals surface area contributed by atoms with Gasteiger partial charge in [-0.3, -0.25) is 19.9 Å². The number of alkyl halides is 3. The van der Waals surface area contributed by atoms with E-state index in [0.717, 1.165) is 24.3 Å². The van der Waals surface area contributed by atoms with E-state index in [1.807, 2.05) is 0 Å². The number of carbonyl (C=O) groups is 1. The van der Waals surface area contributed by atoms with Gasteiger partial charge in [0.15, 0.2) is 5.72 Å². The Morgan fingerprint density at radius 1 is 1.19 bits per heavy atom. The van der Waals surface area contributed by atoms with Crippen LogP contribution in [0.4, 0.5) is 18.9 Å². The molecular weight excluding hydrogens is 369 g/mol. The van der Waals surface area contributed by atoms with Crippen LogP contribution in [0.3, 0.4) is 0 Å². The highest BCUT2D eigenvalue weighted by atomic mass is 19.4. The molecule has 0 spiro atoms. The standard InChI is InChI=1S/C16H11F3N4O4/c17-16(18,19)13-9-15(25,11-5-7-20-8-6-11)22(21-13)14(24)10-1-3-12(4-2-10)23(26)27/h1-8,25H,9H2/t15-/m1/s1. The molecule has 0 bridgehead atoms. The minimum Gasteiger partial charge on any atom is -0.365 e. The van der Waals surface area contributed by atoms with Crippen molar-refractivity contribution >= 4 is 17.3 Å². The summed E-state index contributed by atoms with van der Waals surface area (Å²) in [6.45, 7) is 0. The molecule has 1 aliphatic rings. The fourth-order valence-corrected chi connectivity index (χ4v) is 2.61. The number of amides is 1. The summed E-state index contributed by atoms with van der Waals surface area (Å²) in [4.78, 5) is 26.4. The first-order valence-electron chi connectivity index (χ1n) is 7.49. The van der Waals surface area contributed by atoms with Gasteiger partial charge in [0.05, 0.1) is 11.3 Å². The first-order chi connectivity index (χ1) is 12.6. The maximum absolute atomic E-state index is 13.1. The molecule has 27 heavy (non-hydrogen) atoms. The van der Waals surface area contributed by atoms with E-state index < -0.39 is 34.9 Å². The molecule has 1 atom stereocenters. The lowest BCUT2D eigenvalue weighted by molar-refractivity contribution is -0.384. The van der Waals surface area contributed by atoms with Crippen LogP contribution in [0.5, 0.6) is 0 Å². The lowest BCUT2D eigenvalue weighted by atomic mass is 9.97. The molecular formula is C16H11F3N4O4. The second-order valence-electron chi connectivity index (χ2n) is 5.69. The number of hydrogen-bond acceptors (Lipinski definition) is 6. The van der Waals surface area contributed by atoms with Crippen LogP contribution in [0.2, 0.25) is 0 Å². The molecule has 0 saturated heterocycles. The van der Waals surface area contributed by atoms with Gasteiger partial charge >= 0.3 is 6.18 Å². The van der Waals surface area contributed by atoms with Gasteiger partial charge in [-0.15, -0.1) is 0 Å². The van der Waals surface area contributed by atoms with Crippen LogP contribution >= 0.6 is 0 Å². The zero-order valence-electron chi connectivity index (χ0n) is 13.4. The van der Waals surface area contributed by atoms with Gasteiger partial charge in [-0.1, -0.05) is 0 Å². The van der Waals surface area contributed by atoms with Crippen molar-refractivity contribution in [1.82, 2.24) is 9.99 Å². The molecule has 1 aliphatic heterocycles. The summed E-state index contributed by atoms with van der Waals surface area (Å²) in [5, 5.41) is 25.2. The van der Waals surface area contributed by atoms with E-state index in [-0.39, 0.29) is 16.8 Å². The number of nitrogens with zero attached hydrogens (tertiary/aromatic N) is 4. The number of aliphatic hydroxyl groups is 1. The molecule has 140 valence electrons. The van der Waals surface area contributed by atoms with Gasteiger partial charge in [0, 0.05) is 35.7 Å². The zero-order valence-corrected chi connectivity index (χ0v) is 13.4. The third-order valence-electron chi connectivity index (χ3n) is 3.97. The smallest absolute Gasteiger partial charge is 0.365 e. The molecule has 2 heterocycles. The average Bonchev–Trinajstić information content (AvgIpc) is 3.01. The lowest BCUT2D eigenvalue weighted by Crippen LogP contribution is -2.43. The van der Waals surface area contributed by atoms with Crippen molar-refractivity contribution in [3.8, 4) is 0 Å². The van der Waals surface area contributed by atoms with E-state index in [0.29, 0.717) is 5.01 Å². The van der Waals surface area contributed by atoms with E-state index in [9.17, 15) is 33.2 Å². The molecule has 1 aromatic heterocycles. The van der Waals surface area contributed by atoms with Gasteiger partial charge in [0.2, 0.25) is 0 Å². The number of hydrogen-bond donors (Lipinski definition) is 1. The first kappa shape index (κ1) is 18.5. The number of carbonyl (C=O) groups excluding carboxylic acids is 1. The second-order valence-corrected chi connectivity index (χ2v) is 5.69. The lowest BCUT2D eigenvalue weighted by Gasteiger charge is -2.31. The molecule has 1 amide bonds. The molecule has 3 rings (SSSR count). The van der Waals surface area contributed by atoms with Gasteiger partial charge in [-0.2, -0.15) is 23.3 Å². The van der Waals surface area contributed by atoms with E-state index in [1.165, 1.54) is 24.5 Å². The SMILES string of the molecule is O=C(c1ccc([N+](=O)[O-])cc1)N1N=C(C(F)(F)F)C[C@@]1(O)c1ccncc1. The topological polar surface area (TPSA) is 109 Å². The minimum atomic E-state index is -4.84.